The Kier molecular flexibility index (Phi) is 6.68. The van der Waals surface area contributed by atoms with Crippen LogP contribution >= 0.6 is 23.2 Å². The number of benzene rings is 1. The summed E-state index contributed by atoms with van der Waals surface area (Å²) in [6.07, 6.45) is -0.709. The van der Waals surface area contributed by atoms with Gasteiger partial charge in [-0.15, -0.1) is 0 Å². The first-order chi connectivity index (χ1) is 18.5. The van der Waals surface area contributed by atoms with E-state index >= 15 is 0 Å². The second kappa shape index (κ2) is 9.85. The Morgan fingerprint density at radius 2 is 1.92 bits per heavy atom. The number of rotatable bonds is 6. The minimum Gasteiger partial charge on any atom is -0.462 e. The molecule has 16 heteroatoms. The van der Waals surface area contributed by atoms with Gasteiger partial charge in [0.15, 0.2) is 11.5 Å². The van der Waals surface area contributed by atoms with Crippen molar-refractivity contribution < 1.29 is 32.3 Å². The summed E-state index contributed by atoms with van der Waals surface area (Å²) in [7, 11) is 0. The Morgan fingerprint density at radius 1 is 1.18 bits per heavy atom. The first-order valence-corrected chi connectivity index (χ1v) is 12.0. The van der Waals surface area contributed by atoms with Gasteiger partial charge in [-0.25, -0.2) is 19.3 Å². The van der Waals surface area contributed by atoms with Crippen LogP contribution in [0.15, 0.2) is 36.7 Å². The van der Waals surface area contributed by atoms with Gasteiger partial charge in [0, 0.05) is 17.6 Å². The standard InChI is InChI=1S/C23H16Cl2F3N7O4/c24-12-2-1-5-30-19(12)34-14(7-15(33-34)23(26,27)28)20(36)32-17-13(25)6-11-8-31-35(22(29)38)18(11)16(17)21(37)39-9-10-3-4-10/h1-2,5-8,10H,3-4,9H2,(H2,29,38)(H,32,36). The molecule has 0 spiro atoms. The third kappa shape index (κ3) is 5.12. The van der Waals surface area contributed by atoms with Crippen LogP contribution < -0.4 is 11.1 Å². The molecule has 3 aromatic heterocycles. The lowest BCUT2D eigenvalue weighted by molar-refractivity contribution is -0.141. The number of esters is 1. The number of anilines is 1. The van der Waals surface area contributed by atoms with Gasteiger partial charge < -0.3 is 15.8 Å². The number of hydrogen-bond acceptors (Lipinski definition) is 7. The van der Waals surface area contributed by atoms with E-state index in [4.69, 9.17) is 33.7 Å². The van der Waals surface area contributed by atoms with Gasteiger partial charge in [-0.3, -0.25) is 4.79 Å². The number of carbonyl (C=O) groups is 3. The van der Waals surface area contributed by atoms with Crippen molar-refractivity contribution in [2.75, 3.05) is 11.9 Å². The first kappa shape index (κ1) is 26.4. The van der Waals surface area contributed by atoms with Crippen molar-refractivity contribution in [2.24, 2.45) is 11.7 Å². The summed E-state index contributed by atoms with van der Waals surface area (Å²) in [4.78, 5) is 42.6. The van der Waals surface area contributed by atoms with Gasteiger partial charge in [0.05, 0.1) is 34.1 Å². The lowest BCUT2D eigenvalue weighted by Crippen LogP contribution is -2.24. The number of amides is 2. The molecule has 0 unspecified atom stereocenters. The second-order valence-electron chi connectivity index (χ2n) is 8.57. The van der Waals surface area contributed by atoms with Crippen LogP contribution in [-0.4, -0.2) is 49.1 Å². The molecule has 1 fully saturated rings. The van der Waals surface area contributed by atoms with Crippen molar-refractivity contribution in [2.45, 2.75) is 19.0 Å². The Morgan fingerprint density at radius 3 is 2.56 bits per heavy atom. The highest BCUT2D eigenvalue weighted by atomic mass is 35.5. The van der Waals surface area contributed by atoms with Crippen molar-refractivity contribution in [1.29, 1.82) is 0 Å². The van der Waals surface area contributed by atoms with Gasteiger partial charge in [0.1, 0.15) is 11.3 Å². The van der Waals surface area contributed by atoms with Gasteiger partial charge in [0.25, 0.3) is 5.91 Å². The zero-order valence-corrected chi connectivity index (χ0v) is 21.0. The van der Waals surface area contributed by atoms with Crippen molar-refractivity contribution in [1.82, 2.24) is 24.5 Å². The number of pyridine rings is 1. The quantitative estimate of drug-likeness (QED) is 0.314. The fourth-order valence-electron chi connectivity index (χ4n) is 3.76. The number of alkyl halides is 3. The summed E-state index contributed by atoms with van der Waals surface area (Å²) in [6.45, 7) is 0.0742. The molecule has 0 saturated heterocycles. The van der Waals surface area contributed by atoms with E-state index in [1.54, 1.807) is 0 Å². The highest BCUT2D eigenvalue weighted by Crippen LogP contribution is 2.37. The molecule has 1 aliphatic carbocycles. The number of nitrogens with zero attached hydrogens (tertiary/aromatic N) is 5. The lowest BCUT2D eigenvalue weighted by Gasteiger charge is -2.15. The molecule has 1 aromatic carbocycles. The molecule has 202 valence electrons. The highest BCUT2D eigenvalue weighted by molar-refractivity contribution is 6.36. The van der Waals surface area contributed by atoms with Crippen LogP contribution in [0.3, 0.4) is 0 Å². The molecule has 4 aromatic rings. The average Bonchev–Trinajstić information content (AvgIpc) is 3.42. The Bertz CT molecular complexity index is 1650. The summed E-state index contributed by atoms with van der Waals surface area (Å²) in [5.74, 6) is -2.19. The molecule has 39 heavy (non-hydrogen) atoms. The molecule has 0 aliphatic heterocycles. The van der Waals surface area contributed by atoms with E-state index in [0.717, 1.165) is 12.8 Å². The van der Waals surface area contributed by atoms with Crippen LogP contribution in [0.1, 0.15) is 39.4 Å². The van der Waals surface area contributed by atoms with E-state index < -0.39 is 35.5 Å². The number of primary amides is 1. The van der Waals surface area contributed by atoms with Gasteiger partial charge in [-0.2, -0.15) is 28.1 Å². The van der Waals surface area contributed by atoms with Crippen molar-refractivity contribution in [3.63, 3.8) is 0 Å². The Balaban J connectivity index is 1.64. The number of nitrogens with two attached hydrogens (primary N) is 1. The normalized spacial score (nSPS) is 13.5. The first-order valence-electron chi connectivity index (χ1n) is 11.2. The summed E-state index contributed by atoms with van der Waals surface area (Å²) >= 11 is 12.5. The second-order valence-corrected chi connectivity index (χ2v) is 9.38. The minimum atomic E-state index is -4.91. The summed E-state index contributed by atoms with van der Waals surface area (Å²) in [5.41, 5.74) is 2.57. The molecule has 1 saturated carbocycles. The van der Waals surface area contributed by atoms with E-state index in [0.29, 0.717) is 15.4 Å². The van der Waals surface area contributed by atoms with Crippen LogP contribution in [0.5, 0.6) is 0 Å². The molecule has 11 nitrogen and oxygen atoms in total. The maximum absolute atomic E-state index is 13.5. The van der Waals surface area contributed by atoms with E-state index in [1.807, 2.05) is 0 Å². The van der Waals surface area contributed by atoms with Crippen molar-refractivity contribution in [3.8, 4) is 5.82 Å². The molecule has 5 rings (SSSR count). The summed E-state index contributed by atoms with van der Waals surface area (Å²) < 4.78 is 47.3. The molecular weight excluding hydrogens is 566 g/mol. The maximum atomic E-state index is 13.5. The highest BCUT2D eigenvalue weighted by Gasteiger charge is 2.37. The molecule has 0 radical (unpaired) electrons. The van der Waals surface area contributed by atoms with Crippen LogP contribution in [0.2, 0.25) is 10.0 Å². The third-order valence-corrected chi connectivity index (χ3v) is 6.37. The molecular formula is C23H16Cl2F3N7O4. The average molecular weight is 582 g/mol. The van der Waals surface area contributed by atoms with Gasteiger partial charge >= 0.3 is 18.2 Å². The number of hydrogen-bond donors (Lipinski definition) is 2. The molecule has 3 heterocycles. The third-order valence-electron chi connectivity index (χ3n) is 5.78. The predicted octanol–water partition coefficient (Wildman–Crippen LogP) is 4.69. The predicted molar refractivity (Wildman–Crippen MR) is 132 cm³/mol. The van der Waals surface area contributed by atoms with Crippen LogP contribution in [0.25, 0.3) is 16.7 Å². The summed E-state index contributed by atoms with van der Waals surface area (Å²) in [5, 5.41) is 9.64. The zero-order chi connectivity index (χ0) is 28.1. The van der Waals surface area contributed by atoms with Gasteiger partial charge in [-0.05, 0) is 37.0 Å². The minimum absolute atomic E-state index is 0.0742. The number of ether oxygens (including phenoxy) is 1. The number of aromatic nitrogens is 5. The Hall–Kier alpha value is -4.17. The number of fused-ring (bicyclic) bond motifs is 1. The molecule has 2 amide bonds. The van der Waals surface area contributed by atoms with Gasteiger partial charge in [0.2, 0.25) is 0 Å². The van der Waals surface area contributed by atoms with E-state index in [-0.39, 0.29) is 50.5 Å². The Labute approximate surface area is 226 Å². The lowest BCUT2D eigenvalue weighted by atomic mass is 10.1. The fourth-order valence-corrected chi connectivity index (χ4v) is 4.22. The summed E-state index contributed by atoms with van der Waals surface area (Å²) in [6, 6.07) is 3.54. The molecule has 0 atom stereocenters. The smallest absolute Gasteiger partial charge is 0.435 e. The van der Waals surface area contributed by atoms with Crippen molar-refractivity contribution >= 4 is 57.7 Å². The van der Waals surface area contributed by atoms with E-state index in [2.05, 4.69) is 20.5 Å². The van der Waals surface area contributed by atoms with Crippen LogP contribution in [0, 0.1) is 5.92 Å². The van der Waals surface area contributed by atoms with Crippen LogP contribution in [-0.2, 0) is 10.9 Å². The monoisotopic (exact) mass is 581 g/mol. The van der Waals surface area contributed by atoms with Crippen molar-refractivity contribution in [3.05, 3.63) is 63.7 Å². The fraction of sp³-hybridized carbons (Fsp3) is 0.217. The molecule has 3 N–H and O–H groups in total. The number of nitrogens with one attached hydrogen (secondary N) is 1. The van der Waals surface area contributed by atoms with Gasteiger partial charge in [-0.1, -0.05) is 23.2 Å². The molecule has 0 bridgehead atoms. The van der Waals surface area contributed by atoms with E-state index in [1.165, 1.54) is 30.6 Å². The SMILES string of the molecule is NC(=O)n1ncc2cc(Cl)c(NC(=O)c3cc(C(F)(F)F)nn3-c3ncccc3Cl)c(C(=O)OCC3CC3)c21. The number of carbonyl (C=O) groups excluding carboxylic acids is 3. The largest absolute Gasteiger partial charge is 0.462 e. The maximum Gasteiger partial charge on any atom is 0.435 e. The van der Waals surface area contributed by atoms with E-state index in [9.17, 15) is 27.6 Å². The number of halogens is 5. The topological polar surface area (TPSA) is 147 Å². The zero-order valence-electron chi connectivity index (χ0n) is 19.5. The van der Waals surface area contributed by atoms with Crippen LogP contribution in [0.4, 0.5) is 23.7 Å². The molecule has 1 aliphatic rings.